The molecule has 0 spiro atoms. The van der Waals surface area contributed by atoms with Gasteiger partial charge in [-0.3, -0.25) is 0 Å². The van der Waals surface area contributed by atoms with Crippen LogP contribution in [0.25, 0.3) is 11.0 Å². The average Bonchev–Trinajstić information content (AvgIpc) is 2.46. The second kappa shape index (κ2) is 6.64. The number of carbonyl (C=O) groups excluding carboxylic acids is 1. The van der Waals surface area contributed by atoms with Crippen molar-refractivity contribution < 1.29 is 18.7 Å². The summed E-state index contributed by atoms with van der Waals surface area (Å²) in [4.78, 5) is 23.3. The van der Waals surface area contributed by atoms with E-state index >= 15 is 0 Å². The molecular weight excluding hydrogens is 284 g/mol. The Morgan fingerprint density at radius 3 is 2.68 bits per heavy atom. The summed E-state index contributed by atoms with van der Waals surface area (Å²) in [5, 5.41) is 0.835. The van der Waals surface area contributed by atoms with Gasteiger partial charge in [0.1, 0.15) is 11.3 Å². The van der Waals surface area contributed by atoms with Gasteiger partial charge in [0.15, 0.2) is 6.10 Å². The van der Waals surface area contributed by atoms with Crippen LogP contribution in [0.15, 0.2) is 33.5 Å². The van der Waals surface area contributed by atoms with Crippen LogP contribution in [0.4, 0.5) is 0 Å². The highest BCUT2D eigenvalue weighted by molar-refractivity contribution is 5.81. The van der Waals surface area contributed by atoms with Crippen molar-refractivity contribution in [3.05, 3.63) is 40.2 Å². The number of benzene rings is 1. The average molecular weight is 304 g/mol. The molecule has 0 saturated heterocycles. The van der Waals surface area contributed by atoms with Crippen LogP contribution in [-0.2, 0) is 9.53 Å². The first-order chi connectivity index (χ1) is 10.4. The van der Waals surface area contributed by atoms with Crippen LogP contribution in [0.3, 0.4) is 0 Å². The lowest BCUT2D eigenvalue weighted by atomic mass is 10.1. The molecule has 2 aromatic rings. The van der Waals surface area contributed by atoms with Gasteiger partial charge in [0, 0.05) is 17.5 Å². The minimum atomic E-state index is -0.733. The van der Waals surface area contributed by atoms with Gasteiger partial charge in [-0.25, -0.2) is 9.59 Å². The zero-order chi connectivity index (χ0) is 16.3. The van der Waals surface area contributed by atoms with Gasteiger partial charge in [0.05, 0.1) is 6.10 Å². The van der Waals surface area contributed by atoms with E-state index < -0.39 is 17.7 Å². The predicted octanol–water partition coefficient (Wildman–Crippen LogP) is 3.21. The lowest BCUT2D eigenvalue weighted by molar-refractivity contribution is -0.155. The molecule has 0 fully saturated rings. The highest BCUT2D eigenvalue weighted by Gasteiger charge is 2.18. The predicted molar refractivity (Wildman–Crippen MR) is 83.2 cm³/mol. The molecule has 5 nitrogen and oxygen atoms in total. The van der Waals surface area contributed by atoms with Gasteiger partial charge < -0.3 is 13.9 Å². The third-order valence-corrected chi connectivity index (χ3v) is 3.46. The first-order valence-corrected chi connectivity index (χ1v) is 7.32. The van der Waals surface area contributed by atoms with Crippen LogP contribution >= 0.6 is 0 Å². The number of esters is 1. The molecule has 0 aliphatic carbocycles. The van der Waals surface area contributed by atoms with Crippen LogP contribution in [-0.4, -0.2) is 18.2 Å². The first-order valence-electron chi connectivity index (χ1n) is 7.32. The largest absolute Gasteiger partial charge is 0.479 e. The molecular formula is C17H20O5. The van der Waals surface area contributed by atoms with Crippen molar-refractivity contribution in [2.45, 2.75) is 46.3 Å². The fraction of sp³-hybridized carbons (Fsp3) is 0.412. The van der Waals surface area contributed by atoms with Crippen molar-refractivity contribution in [2.24, 2.45) is 0 Å². The number of aryl methyl sites for hydroxylation is 1. The molecule has 22 heavy (non-hydrogen) atoms. The minimum absolute atomic E-state index is 0.143. The number of ether oxygens (including phenoxy) is 2. The highest BCUT2D eigenvalue weighted by Crippen LogP contribution is 2.23. The second-order valence-corrected chi connectivity index (χ2v) is 5.32. The smallest absolute Gasteiger partial charge is 0.347 e. The first kappa shape index (κ1) is 16.1. The van der Waals surface area contributed by atoms with Gasteiger partial charge in [0.2, 0.25) is 0 Å². The molecule has 1 aromatic heterocycles. The molecule has 0 bridgehead atoms. The highest BCUT2D eigenvalue weighted by atomic mass is 16.6. The van der Waals surface area contributed by atoms with E-state index in [0.29, 0.717) is 11.3 Å². The van der Waals surface area contributed by atoms with E-state index in [1.54, 1.807) is 25.1 Å². The SMILES string of the molecule is CC[C@H](C)OC(=O)[C@H](C)Oc1ccc2c(C)cc(=O)oc2c1. The fourth-order valence-corrected chi connectivity index (χ4v) is 2.01. The third-order valence-electron chi connectivity index (χ3n) is 3.46. The Hall–Kier alpha value is -2.30. The van der Waals surface area contributed by atoms with Crippen molar-refractivity contribution in [3.63, 3.8) is 0 Å². The Morgan fingerprint density at radius 2 is 2.00 bits per heavy atom. The van der Waals surface area contributed by atoms with E-state index in [1.807, 2.05) is 20.8 Å². The zero-order valence-corrected chi connectivity index (χ0v) is 13.2. The number of hydrogen-bond donors (Lipinski definition) is 0. The van der Waals surface area contributed by atoms with Gasteiger partial charge in [-0.1, -0.05) is 6.92 Å². The summed E-state index contributed by atoms with van der Waals surface area (Å²) >= 11 is 0. The monoisotopic (exact) mass is 304 g/mol. The van der Waals surface area contributed by atoms with E-state index in [4.69, 9.17) is 13.9 Å². The summed E-state index contributed by atoms with van der Waals surface area (Å²) in [6.45, 7) is 7.24. The van der Waals surface area contributed by atoms with Crippen LogP contribution in [0, 0.1) is 6.92 Å². The molecule has 2 atom stereocenters. The van der Waals surface area contributed by atoms with Crippen molar-refractivity contribution in [3.8, 4) is 5.75 Å². The van der Waals surface area contributed by atoms with Crippen molar-refractivity contribution >= 4 is 16.9 Å². The lowest BCUT2D eigenvalue weighted by Crippen LogP contribution is -2.29. The second-order valence-electron chi connectivity index (χ2n) is 5.32. The summed E-state index contributed by atoms with van der Waals surface area (Å²) < 4.78 is 16.0. The molecule has 2 rings (SSSR count). The maximum absolute atomic E-state index is 11.9. The van der Waals surface area contributed by atoms with Gasteiger partial charge in [0.25, 0.3) is 0 Å². The van der Waals surface area contributed by atoms with E-state index in [9.17, 15) is 9.59 Å². The van der Waals surface area contributed by atoms with Gasteiger partial charge in [-0.15, -0.1) is 0 Å². The third kappa shape index (κ3) is 3.67. The molecule has 0 radical (unpaired) electrons. The van der Waals surface area contributed by atoms with Crippen molar-refractivity contribution in [2.75, 3.05) is 0 Å². The normalized spacial score (nSPS) is 13.6. The molecule has 118 valence electrons. The van der Waals surface area contributed by atoms with Crippen molar-refractivity contribution in [1.82, 2.24) is 0 Å². The molecule has 1 aromatic carbocycles. The van der Waals surface area contributed by atoms with Gasteiger partial charge >= 0.3 is 11.6 Å². The summed E-state index contributed by atoms with van der Waals surface area (Å²) in [7, 11) is 0. The van der Waals surface area contributed by atoms with E-state index in [1.165, 1.54) is 6.07 Å². The summed E-state index contributed by atoms with van der Waals surface area (Å²) in [6, 6.07) is 6.59. The fourth-order valence-electron chi connectivity index (χ4n) is 2.01. The Kier molecular flexibility index (Phi) is 4.85. The van der Waals surface area contributed by atoms with Gasteiger partial charge in [-0.2, -0.15) is 0 Å². The Morgan fingerprint density at radius 1 is 1.27 bits per heavy atom. The number of fused-ring (bicyclic) bond motifs is 1. The Labute approximate surface area is 128 Å². The Balaban J connectivity index is 2.18. The number of carbonyl (C=O) groups is 1. The molecule has 0 amide bonds. The maximum Gasteiger partial charge on any atom is 0.347 e. The molecule has 5 heteroatoms. The number of hydrogen-bond acceptors (Lipinski definition) is 5. The summed E-state index contributed by atoms with van der Waals surface area (Å²) in [5.74, 6) is 0.0370. The molecule has 0 unspecified atom stereocenters. The molecule has 0 aliphatic rings. The quantitative estimate of drug-likeness (QED) is 0.627. The molecule has 0 N–H and O–H groups in total. The van der Waals surface area contributed by atoms with Crippen LogP contribution in [0.5, 0.6) is 5.75 Å². The summed E-state index contributed by atoms with van der Waals surface area (Å²) in [5.41, 5.74) is 0.860. The van der Waals surface area contributed by atoms with Crippen LogP contribution in [0.1, 0.15) is 32.8 Å². The van der Waals surface area contributed by atoms with Crippen LogP contribution in [0.2, 0.25) is 0 Å². The van der Waals surface area contributed by atoms with Crippen LogP contribution < -0.4 is 10.4 Å². The van der Waals surface area contributed by atoms with E-state index in [2.05, 4.69) is 0 Å². The number of rotatable bonds is 5. The molecule has 1 heterocycles. The Bertz CT molecular complexity index is 731. The maximum atomic E-state index is 11.9. The lowest BCUT2D eigenvalue weighted by Gasteiger charge is -2.17. The standard InChI is InChI=1S/C17H20O5/c1-5-11(3)20-17(19)12(4)21-13-6-7-14-10(2)8-16(18)22-15(14)9-13/h6-9,11-12H,5H2,1-4H3/t11-,12-/m0/s1. The zero-order valence-electron chi connectivity index (χ0n) is 13.2. The summed E-state index contributed by atoms with van der Waals surface area (Å²) in [6.07, 6.45) is -0.127. The van der Waals surface area contributed by atoms with E-state index in [0.717, 1.165) is 17.4 Å². The molecule has 0 aliphatic heterocycles. The minimum Gasteiger partial charge on any atom is -0.479 e. The molecule has 0 saturated carbocycles. The van der Waals surface area contributed by atoms with Crippen molar-refractivity contribution in [1.29, 1.82) is 0 Å². The van der Waals surface area contributed by atoms with E-state index in [-0.39, 0.29) is 6.10 Å². The van der Waals surface area contributed by atoms with Gasteiger partial charge in [-0.05, 0) is 44.9 Å². The topological polar surface area (TPSA) is 65.7 Å².